The van der Waals surface area contributed by atoms with Gasteiger partial charge in [-0.05, 0) is 45.0 Å². The molecule has 1 N–H and O–H groups in total. The lowest BCUT2D eigenvalue weighted by Crippen LogP contribution is -2.43. The van der Waals surface area contributed by atoms with Gasteiger partial charge in [0, 0.05) is 31.9 Å². The Morgan fingerprint density at radius 2 is 2.00 bits per heavy atom. The maximum atomic E-state index is 12.4. The van der Waals surface area contributed by atoms with E-state index >= 15 is 0 Å². The van der Waals surface area contributed by atoms with Gasteiger partial charge in [-0.1, -0.05) is 0 Å². The molecule has 1 saturated carbocycles. The van der Waals surface area contributed by atoms with Gasteiger partial charge in [0.2, 0.25) is 0 Å². The Kier molecular flexibility index (Phi) is 5.29. The first-order valence-electron chi connectivity index (χ1n) is 8.72. The van der Waals surface area contributed by atoms with Crippen molar-refractivity contribution in [3.05, 3.63) is 23.9 Å². The van der Waals surface area contributed by atoms with Crippen LogP contribution in [-0.4, -0.2) is 80.4 Å². The van der Waals surface area contributed by atoms with Gasteiger partial charge in [0.25, 0.3) is 5.91 Å². The third-order valence-electron chi connectivity index (χ3n) is 4.96. The molecule has 3 rings (SSSR count). The number of likely N-dealkylation sites (N-methyl/N-ethyl adjacent to an activating group) is 1. The molecule has 0 bridgehead atoms. The highest BCUT2D eigenvalue weighted by Crippen LogP contribution is 2.34. The molecule has 8 heteroatoms. The van der Waals surface area contributed by atoms with Crippen LogP contribution in [0, 0.1) is 5.92 Å². The second kappa shape index (κ2) is 7.29. The van der Waals surface area contributed by atoms with Gasteiger partial charge in [0.15, 0.2) is 9.84 Å². The largest absolute Gasteiger partial charge is 0.368 e. The number of nitrogens with zero attached hydrogens (tertiary/aromatic N) is 3. The van der Waals surface area contributed by atoms with Crippen molar-refractivity contribution < 1.29 is 13.2 Å². The van der Waals surface area contributed by atoms with Crippen molar-refractivity contribution in [3.63, 3.8) is 0 Å². The summed E-state index contributed by atoms with van der Waals surface area (Å²) in [6.07, 6.45) is 4.14. The molecular weight excluding hydrogens is 340 g/mol. The lowest BCUT2D eigenvalue weighted by Gasteiger charge is -2.26. The zero-order chi connectivity index (χ0) is 18.0. The number of rotatable bonds is 6. The van der Waals surface area contributed by atoms with Gasteiger partial charge in [0.1, 0.15) is 5.82 Å². The Bertz CT molecular complexity index is 698. The molecule has 1 aromatic heterocycles. The lowest BCUT2D eigenvalue weighted by molar-refractivity contribution is 0.0770. The number of anilines is 1. The van der Waals surface area contributed by atoms with E-state index in [0.717, 1.165) is 18.3 Å². The first kappa shape index (κ1) is 18.1. The van der Waals surface area contributed by atoms with Crippen molar-refractivity contribution in [2.75, 3.05) is 50.6 Å². The Hall–Kier alpha value is -1.67. The van der Waals surface area contributed by atoms with Crippen LogP contribution in [0.3, 0.4) is 0 Å². The highest BCUT2D eigenvalue weighted by molar-refractivity contribution is 7.91. The number of hydrogen-bond donors (Lipinski definition) is 1. The van der Waals surface area contributed by atoms with Gasteiger partial charge in [-0.2, -0.15) is 0 Å². The minimum atomic E-state index is -2.99. The average Bonchev–Trinajstić information content (AvgIpc) is 3.40. The molecule has 1 aromatic rings. The van der Waals surface area contributed by atoms with E-state index in [9.17, 15) is 13.2 Å². The van der Waals surface area contributed by atoms with Crippen LogP contribution in [0.2, 0.25) is 0 Å². The topological polar surface area (TPSA) is 82.6 Å². The second-order valence-corrected chi connectivity index (χ2v) is 9.43. The van der Waals surface area contributed by atoms with Crippen LogP contribution in [0.5, 0.6) is 0 Å². The van der Waals surface area contributed by atoms with Crippen molar-refractivity contribution in [1.82, 2.24) is 14.8 Å². The first-order chi connectivity index (χ1) is 11.9. The standard InChI is InChI=1S/C17H26N4O3S/c1-20(2)15(13-3-4-13)12-19-16-6-5-14(11-18-16)17(22)21-7-9-25(23,24)10-8-21/h5-6,11,13,15H,3-4,7-10,12H2,1-2H3,(H,18,19). The molecule has 2 fully saturated rings. The summed E-state index contributed by atoms with van der Waals surface area (Å²) in [7, 11) is 1.21. The van der Waals surface area contributed by atoms with Crippen molar-refractivity contribution in [1.29, 1.82) is 0 Å². The number of carbonyl (C=O) groups excluding carboxylic acids is 1. The van der Waals surface area contributed by atoms with Crippen molar-refractivity contribution in [2.24, 2.45) is 5.92 Å². The number of carbonyl (C=O) groups is 1. The highest BCUT2D eigenvalue weighted by Gasteiger charge is 2.32. The Labute approximate surface area is 149 Å². The zero-order valence-corrected chi connectivity index (χ0v) is 15.6. The molecule has 0 aromatic carbocycles. The van der Waals surface area contributed by atoms with E-state index in [2.05, 4.69) is 29.3 Å². The normalized spacial score (nSPS) is 21.2. The molecule has 1 unspecified atom stereocenters. The molecule has 0 radical (unpaired) electrons. The van der Waals surface area contributed by atoms with Crippen LogP contribution in [0.15, 0.2) is 18.3 Å². The molecule has 0 spiro atoms. The van der Waals surface area contributed by atoms with Crippen LogP contribution < -0.4 is 5.32 Å². The molecular formula is C17H26N4O3S. The van der Waals surface area contributed by atoms with E-state index in [0.29, 0.717) is 11.6 Å². The number of pyridine rings is 1. The Balaban J connectivity index is 1.55. The Morgan fingerprint density at radius 1 is 1.32 bits per heavy atom. The molecule has 138 valence electrons. The summed E-state index contributed by atoms with van der Waals surface area (Å²) in [6, 6.07) is 4.06. The minimum absolute atomic E-state index is 0.0406. The summed E-state index contributed by atoms with van der Waals surface area (Å²) in [5, 5.41) is 3.35. The SMILES string of the molecule is CN(C)C(CNc1ccc(C(=O)N2CCS(=O)(=O)CC2)cn1)C1CC1. The van der Waals surface area contributed by atoms with Crippen LogP contribution >= 0.6 is 0 Å². The van der Waals surface area contributed by atoms with Crippen LogP contribution in [-0.2, 0) is 9.84 Å². The molecule has 7 nitrogen and oxygen atoms in total. The quantitative estimate of drug-likeness (QED) is 0.798. The molecule has 2 aliphatic rings. The van der Waals surface area contributed by atoms with E-state index in [4.69, 9.17) is 0 Å². The summed E-state index contributed by atoms with van der Waals surface area (Å²) in [6.45, 7) is 1.35. The monoisotopic (exact) mass is 366 g/mol. The first-order valence-corrected chi connectivity index (χ1v) is 10.5. The lowest BCUT2D eigenvalue weighted by atomic mass is 10.1. The maximum absolute atomic E-state index is 12.4. The fourth-order valence-electron chi connectivity index (χ4n) is 3.18. The number of sulfone groups is 1. The summed E-state index contributed by atoms with van der Waals surface area (Å²) in [5.41, 5.74) is 0.496. The van der Waals surface area contributed by atoms with Gasteiger partial charge in [-0.3, -0.25) is 4.79 Å². The van der Waals surface area contributed by atoms with E-state index in [-0.39, 0.29) is 30.5 Å². The summed E-state index contributed by atoms with van der Waals surface area (Å²) >= 11 is 0. The summed E-state index contributed by atoms with van der Waals surface area (Å²) in [5.74, 6) is 1.44. The maximum Gasteiger partial charge on any atom is 0.255 e. The molecule has 1 amide bonds. The third-order valence-corrected chi connectivity index (χ3v) is 6.57. The minimum Gasteiger partial charge on any atom is -0.368 e. The second-order valence-electron chi connectivity index (χ2n) is 7.13. The van der Waals surface area contributed by atoms with Gasteiger partial charge in [-0.25, -0.2) is 13.4 Å². The van der Waals surface area contributed by atoms with E-state index in [1.54, 1.807) is 17.2 Å². The smallest absolute Gasteiger partial charge is 0.255 e. The molecule has 1 atom stereocenters. The van der Waals surface area contributed by atoms with Gasteiger partial charge in [0.05, 0.1) is 17.1 Å². The molecule has 1 aliphatic carbocycles. The van der Waals surface area contributed by atoms with Gasteiger partial charge in [-0.15, -0.1) is 0 Å². The molecule has 2 heterocycles. The van der Waals surface area contributed by atoms with Crippen LogP contribution in [0.25, 0.3) is 0 Å². The fraction of sp³-hybridized carbons (Fsp3) is 0.647. The highest BCUT2D eigenvalue weighted by atomic mass is 32.2. The molecule has 1 saturated heterocycles. The third kappa shape index (κ3) is 4.70. The van der Waals surface area contributed by atoms with Crippen molar-refractivity contribution in [3.8, 4) is 0 Å². The van der Waals surface area contributed by atoms with Crippen molar-refractivity contribution >= 4 is 21.6 Å². The average molecular weight is 366 g/mol. The van der Waals surface area contributed by atoms with E-state index < -0.39 is 9.84 Å². The number of amides is 1. The van der Waals surface area contributed by atoms with E-state index in [1.165, 1.54) is 12.8 Å². The Morgan fingerprint density at radius 3 is 2.52 bits per heavy atom. The summed E-state index contributed by atoms with van der Waals surface area (Å²) < 4.78 is 22.9. The number of hydrogen-bond acceptors (Lipinski definition) is 6. The number of aromatic nitrogens is 1. The summed E-state index contributed by atoms with van der Waals surface area (Å²) in [4.78, 5) is 20.6. The molecule has 1 aliphatic heterocycles. The molecule has 25 heavy (non-hydrogen) atoms. The van der Waals surface area contributed by atoms with Gasteiger partial charge < -0.3 is 15.1 Å². The van der Waals surface area contributed by atoms with Crippen LogP contribution in [0.1, 0.15) is 23.2 Å². The van der Waals surface area contributed by atoms with Crippen LogP contribution in [0.4, 0.5) is 5.82 Å². The van der Waals surface area contributed by atoms with Crippen molar-refractivity contribution in [2.45, 2.75) is 18.9 Å². The zero-order valence-electron chi connectivity index (χ0n) is 14.8. The predicted molar refractivity (Wildman–Crippen MR) is 97.5 cm³/mol. The number of nitrogens with one attached hydrogen (secondary N) is 1. The fourth-order valence-corrected chi connectivity index (χ4v) is 4.39. The predicted octanol–water partition coefficient (Wildman–Crippen LogP) is 0.704. The van der Waals surface area contributed by atoms with E-state index in [1.807, 2.05) is 6.07 Å². The van der Waals surface area contributed by atoms with Gasteiger partial charge >= 0.3 is 0 Å².